The molecule has 2 aromatic carbocycles. The molecule has 0 fully saturated rings. The molecule has 1 atom stereocenters. The van der Waals surface area contributed by atoms with Crippen LogP contribution in [0.4, 0.5) is 8.78 Å². The first kappa shape index (κ1) is 12.3. The first-order chi connectivity index (χ1) is 9.16. The molecule has 3 rings (SSSR count). The Morgan fingerprint density at radius 1 is 1.05 bits per heavy atom. The van der Waals surface area contributed by atoms with Crippen LogP contribution in [0.25, 0.3) is 0 Å². The molecule has 1 unspecified atom stereocenters. The molecule has 19 heavy (non-hydrogen) atoms. The van der Waals surface area contributed by atoms with Crippen molar-refractivity contribution in [1.82, 2.24) is 0 Å². The number of esters is 1. The Hall–Kier alpha value is -1.71. The summed E-state index contributed by atoms with van der Waals surface area (Å²) in [6, 6.07) is 11.6. The van der Waals surface area contributed by atoms with Crippen molar-refractivity contribution in [2.24, 2.45) is 0 Å². The average Bonchev–Trinajstić information content (AvgIpc) is 2.72. The summed E-state index contributed by atoms with van der Waals surface area (Å²) in [6.45, 7) is 0. The summed E-state index contributed by atoms with van der Waals surface area (Å²) in [5, 5.41) is -0.701. The van der Waals surface area contributed by atoms with Crippen molar-refractivity contribution in [2.75, 3.05) is 0 Å². The fourth-order valence-corrected chi connectivity index (χ4v) is 4.09. The Labute approximate surface area is 114 Å². The molecular weight excluding hydrogens is 317 g/mol. The summed E-state index contributed by atoms with van der Waals surface area (Å²) < 4.78 is 33.2. The first-order valence-electron chi connectivity index (χ1n) is 5.57. The normalized spacial score (nSPS) is 17.2. The number of hydrogen-bond donors (Lipinski definition) is 0. The van der Waals surface area contributed by atoms with E-state index < -0.39 is 22.6 Å². The van der Waals surface area contributed by atoms with E-state index in [0.29, 0.717) is 0 Å². The number of benzene rings is 2. The molecule has 0 N–H and O–H groups in total. The van der Waals surface area contributed by atoms with Gasteiger partial charge in [0.05, 0.1) is 0 Å². The fourth-order valence-electron chi connectivity index (χ4n) is 1.90. The van der Waals surface area contributed by atoms with Gasteiger partial charge in [-0.3, -0.25) is 0 Å². The molecular formula is C14H8F2O2Se. The number of rotatable bonds is 2. The van der Waals surface area contributed by atoms with Crippen molar-refractivity contribution in [3.63, 3.8) is 0 Å². The van der Waals surface area contributed by atoms with Gasteiger partial charge in [0.15, 0.2) is 0 Å². The van der Waals surface area contributed by atoms with E-state index in [1.165, 1.54) is 6.07 Å². The van der Waals surface area contributed by atoms with Gasteiger partial charge in [-0.2, -0.15) is 0 Å². The molecule has 1 aliphatic heterocycles. The van der Waals surface area contributed by atoms with Gasteiger partial charge in [-0.25, -0.2) is 0 Å². The molecule has 96 valence electrons. The number of ether oxygens (including phenoxy) is 1. The van der Waals surface area contributed by atoms with Crippen molar-refractivity contribution in [3.8, 4) is 0 Å². The molecule has 2 aromatic rings. The van der Waals surface area contributed by atoms with Crippen LogP contribution in [0.15, 0.2) is 42.5 Å². The second-order valence-corrected chi connectivity index (χ2v) is 6.37. The van der Waals surface area contributed by atoms with Crippen LogP contribution in [0, 0.1) is 11.6 Å². The third-order valence-corrected chi connectivity index (χ3v) is 5.08. The molecule has 0 bridgehead atoms. The second-order valence-electron chi connectivity index (χ2n) is 3.99. The zero-order valence-electron chi connectivity index (χ0n) is 9.60. The van der Waals surface area contributed by atoms with E-state index in [2.05, 4.69) is 0 Å². The number of hydrogen-bond acceptors (Lipinski definition) is 2. The summed E-state index contributed by atoms with van der Waals surface area (Å²) in [6.07, 6.45) is 0. The summed E-state index contributed by atoms with van der Waals surface area (Å²) in [7, 11) is 0. The quantitative estimate of drug-likeness (QED) is 0.625. The predicted molar refractivity (Wildman–Crippen MR) is 66.3 cm³/mol. The standard InChI is InChI=1S/C14H8F2O2Se/c15-10-7-6-9-11(12(10)16)14(18-13(9)17)19-8-4-2-1-3-5-8/h1-7,14H. The van der Waals surface area contributed by atoms with Crippen LogP contribution in [0.3, 0.4) is 0 Å². The maximum atomic E-state index is 13.8. The van der Waals surface area contributed by atoms with Crippen molar-refractivity contribution in [2.45, 2.75) is 5.00 Å². The molecule has 1 aliphatic rings. The van der Waals surface area contributed by atoms with Crippen LogP contribution < -0.4 is 4.46 Å². The molecule has 0 radical (unpaired) electrons. The molecule has 5 heteroatoms. The molecule has 0 spiro atoms. The van der Waals surface area contributed by atoms with Gasteiger partial charge in [0.25, 0.3) is 0 Å². The van der Waals surface area contributed by atoms with Crippen LogP contribution in [-0.4, -0.2) is 20.9 Å². The Bertz CT molecular complexity index is 643. The maximum absolute atomic E-state index is 13.8. The molecule has 0 aliphatic carbocycles. The molecule has 0 saturated carbocycles. The van der Waals surface area contributed by atoms with Gasteiger partial charge < -0.3 is 0 Å². The van der Waals surface area contributed by atoms with Crippen LogP contribution >= 0.6 is 0 Å². The van der Waals surface area contributed by atoms with Gasteiger partial charge >= 0.3 is 114 Å². The van der Waals surface area contributed by atoms with E-state index in [9.17, 15) is 13.6 Å². The van der Waals surface area contributed by atoms with Crippen molar-refractivity contribution in [3.05, 3.63) is 65.2 Å². The van der Waals surface area contributed by atoms with Gasteiger partial charge in [-0.1, -0.05) is 0 Å². The van der Waals surface area contributed by atoms with E-state index in [1.807, 2.05) is 30.3 Å². The Morgan fingerprint density at radius 3 is 2.53 bits per heavy atom. The zero-order valence-corrected chi connectivity index (χ0v) is 11.3. The molecule has 2 nitrogen and oxygen atoms in total. The van der Waals surface area contributed by atoms with E-state index in [-0.39, 0.29) is 26.1 Å². The van der Waals surface area contributed by atoms with E-state index in [1.54, 1.807) is 0 Å². The first-order valence-corrected chi connectivity index (χ1v) is 7.42. The van der Waals surface area contributed by atoms with Crippen molar-refractivity contribution in [1.29, 1.82) is 0 Å². The molecule has 1 heterocycles. The third-order valence-electron chi connectivity index (χ3n) is 2.79. The summed E-state index contributed by atoms with van der Waals surface area (Å²) in [5.41, 5.74) is 0.176. The van der Waals surface area contributed by atoms with Crippen LogP contribution in [-0.2, 0) is 4.74 Å². The average molecular weight is 325 g/mol. The summed E-state index contributed by atoms with van der Waals surface area (Å²) >= 11 is -0.295. The SMILES string of the molecule is O=C1OC([Se]c2ccccc2)c2c1ccc(F)c2F. The number of carbonyl (C=O) groups is 1. The number of halogens is 2. The summed E-state index contributed by atoms with van der Waals surface area (Å²) in [4.78, 5) is 11.6. The van der Waals surface area contributed by atoms with Gasteiger partial charge in [-0.05, 0) is 0 Å². The molecule has 0 saturated heterocycles. The Morgan fingerprint density at radius 2 is 1.79 bits per heavy atom. The minimum absolute atomic E-state index is 0.0499. The zero-order chi connectivity index (χ0) is 13.4. The van der Waals surface area contributed by atoms with Crippen LogP contribution in [0.5, 0.6) is 0 Å². The fraction of sp³-hybridized carbons (Fsp3) is 0.0714. The predicted octanol–water partition coefficient (Wildman–Crippen LogP) is 2.16. The number of fused-ring (bicyclic) bond motifs is 1. The minimum atomic E-state index is -0.980. The Kier molecular flexibility index (Phi) is 3.09. The van der Waals surface area contributed by atoms with Gasteiger partial charge in [0.1, 0.15) is 0 Å². The number of cyclic esters (lactones) is 1. The van der Waals surface area contributed by atoms with Gasteiger partial charge in [0.2, 0.25) is 0 Å². The van der Waals surface area contributed by atoms with E-state index >= 15 is 0 Å². The van der Waals surface area contributed by atoms with Gasteiger partial charge in [0, 0.05) is 0 Å². The second kappa shape index (κ2) is 4.76. The summed E-state index contributed by atoms with van der Waals surface area (Å²) in [5.74, 6) is -2.52. The topological polar surface area (TPSA) is 26.3 Å². The molecule has 0 aromatic heterocycles. The Balaban J connectivity index is 2.00. The molecule has 0 amide bonds. The van der Waals surface area contributed by atoms with Gasteiger partial charge in [-0.15, -0.1) is 0 Å². The van der Waals surface area contributed by atoms with E-state index in [4.69, 9.17) is 4.74 Å². The third kappa shape index (κ3) is 2.15. The van der Waals surface area contributed by atoms with Crippen LogP contribution in [0.1, 0.15) is 20.9 Å². The monoisotopic (exact) mass is 326 g/mol. The van der Waals surface area contributed by atoms with Crippen LogP contribution in [0.2, 0.25) is 0 Å². The number of carbonyl (C=O) groups excluding carboxylic acids is 1. The van der Waals surface area contributed by atoms with Crippen molar-refractivity contribution < 1.29 is 18.3 Å². The van der Waals surface area contributed by atoms with E-state index in [0.717, 1.165) is 10.5 Å². The van der Waals surface area contributed by atoms with Crippen molar-refractivity contribution >= 4 is 25.4 Å².